The third-order valence-electron chi connectivity index (χ3n) is 3.08. The van der Waals surface area contributed by atoms with Crippen LogP contribution in [0.3, 0.4) is 0 Å². The number of hydrogen-bond acceptors (Lipinski definition) is 1. The Morgan fingerprint density at radius 1 is 1.00 bits per heavy atom. The highest BCUT2D eigenvalue weighted by Crippen LogP contribution is 2.19. The molecule has 19 heavy (non-hydrogen) atoms. The molecule has 0 saturated heterocycles. The molecule has 0 aliphatic heterocycles. The smallest absolute Gasteiger partial charge is 0.373 e. The van der Waals surface area contributed by atoms with Crippen LogP contribution >= 0.6 is 11.6 Å². The van der Waals surface area contributed by atoms with E-state index in [4.69, 9.17) is 16.0 Å². The van der Waals surface area contributed by atoms with E-state index in [9.17, 15) is 0 Å². The van der Waals surface area contributed by atoms with Crippen molar-refractivity contribution in [3.05, 3.63) is 65.0 Å². The number of nitrogens with zero attached hydrogens (tertiary/aromatic N) is 1. The van der Waals surface area contributed by atoms with E-state index in [-0.39, 0.29) is 0 Å². The monoisotopic (exact) mass is 270 g/mol. The maximum absolute atomic E-state index is 6.12. The van der Waals surface area contributed by atoms with Gasteiger partial charge in [0.25, 0.3) is 5.52 Å². The van der Waals surface area contributed by atoms with Gasteiger partial charge in [0.15, 0.2) is 0 Å². The molecule has 3 rings (SSSR count). The van der Waals surface area contributed by atoms with Crippen LogP contribution in [-0.2, 0) is 7.05 Å². The van der Waals surface area contributed by atoms with E-state index in [0.717, 1.165) is 27.6 Å². The van der Waals surface area contributed by atoms with E-state index in [0.29, 0.717) is 0 Å². The summed E-state index contributed by atoms with van der Waals surface area (Å²) < 4.78 is 7.81. The maximum atomic E-state index is 6.12. The second-order valence-electron chi connectivity index (χ2n) is 4.32. The van der Waals surface area contributed by atoms with Crippen molar-refractivity contribution in [1.29, 1.82) is 0 Å². The summed E-state index contributed by atoms with van der Waals surface area (Å²) >= 11 is 6.12. The number of rotatable bonds is 2. The fourth-order valence-corrected chi connectivity index (χ4v) is 2.24. The molecule has 0 radical (unpaired) electrons. The van der Waals surface area contributed by atoms with Crippen LogP contribution in [0.5, 0.6) is 0 Å². The molecule has 1 aromatic heterocycles. The Hall–Kier alpha value is -2.06. The number of fused-ring (bicyclic) bond motifs is 1. The molecule has 0 aliphatic carbocycles. The summed E-state index contributed by atoms with van der Waals surface area (Å²) in [7, 11) is 1.98. The minimum atomic E-state index is 0.734. The van der Waals surface area contributed by atoms with Gasteiger partial charge in [-0.15, -0.1) is 0 Å². The highest BCUT2D eigenvalue weighted by molar-refractivity contribution is 6.32. The summed E-state index contributed by atoms with van der Waals surface area (Å²) in [6.45, 7) is 0. The van der Waals surface area contributed by atoms with Gasteiger partial charge in [-0.1, -0.05) is 41.9 Å². The van der Waals surface area contributed by atoms with E-state index in [1.165, 1.54) is 0 Å². The lowest BCUT2D eigenvalue weighted by Gasteiger charge is -1.94. The lowest BCUT2D eigenvalue weighted by molar-refractivity contribution is -0.651. The molecule has 0 fully saturated rings. The van der Waals surface area contributed by atoms with Gasteiger partial charge in [0, 0.05) is 11.1 Å². The second-order valence-corrected chi connectivity index (χ2v) is 4.73. The summed E-state index contributed by atoms with van der Waals surface area (Å²) in [5.41, 5.74) is 2.93. The number of oxazole rings is 1. The fraction of sp³-hybridized carbons (Fsp3) is 0.0625. The van der Waals surface area contributed by atoms with Crippen molar-refractivity contribution in [3.8, 4) is 0 Å². The molecule has 2 aromatic carbocycles. The molecule has 94 valence electrons. The first-order valence-corrected chi connectivity index (χ1v) is 6.44. The van der Waals surface area contributed by atoms with Gasteiger partial charge in [0.2, 0.25) is 5.58 Å². The van der Waals surface area contributed by atoms with E-state index in [1.54, 1.807) is 0 Å². The van der Waals surface area contributed by atoms with E-state index in [2.05, 4.69) is 0 Å². The molecule has 2 nitrogen and oxygen atoms in total. The molecule has 0 atom stereocenters. The van der Waals surface area contributed by atoms with Crippen molar-refractivity contribution in [1.82, 2.24) is 0 Å². The second kappa shape index (κ2) is 4.90. The van der Waals surface area contributed by atoms with Gasteiger partial charge in [-0.3, -0.25) is 0 Å². The average Bonchev–Trinajstić information content (AvgIpc) is 2.75. The van der Waals surface area contributed by atoms with E-state index in [1.807, 2.05) is 72.3 Å². The molecule has 0 N–H and O–H groups in total. The zero-order chi connectivity index (χ0) is 13.2. The third-order valence-corrected chi connectivity index (χ3v) is 3.43. The molecule has 0 spiro atoms. The summed E-state index contributed by atoms with van der Waals surface area (Å²) in [6, 6.07) is 15.7. The quantitative estimate of drug-likeness (QED) is 0.641. The van der Waals surface area contributed by atoms with Crippen molar-refractivity contribution in [2.24, 2.45) is 7.05 Å². The van der Waals surface area contributed by atoms with Crippen molar-refractivity contribution < 1.29 is 8.98 Å². The van der Waals surface area contributed by atoms with Crippen LogP contribution < -0.4 is 4.57 Å². The zero-order valence-electron chi connectivity index (χ0n) is 10.5. The highest BCUT2D eigenvalue weighted by Gasteiger charge is 2.15. The average molecular weight is 271 g/mol. The standard InChI is InChI=1S/C16H13ClNO/c1-18-14-8-4-5-9-15(14)19-16(18)11-10-12-6-2-3-7-13(12)17/h2-11H,1H3/q+1/b11-10+. The predicted molar refractivity (Wildman–Crippen MR) is 77.8 cm³/mol. The van der Waals surface area contributed by atoms with Gasteiger partial charge in [-0.25, -0.2) is 0 Å². The summed E-state index contributed by atoms with van der Waals surface area (Å²) in [6.07, 6.45) is 3.89. The number of aryl methyl sites for hydroxylation is 1. The first-order valence-electron chi connectivity index (χ1n) is 6.06. The zero-order valence-corrected chi connectivity index (χ0v) is 11.3. The Bertz CT molecular complexity index is 758. The molecule has 0 saturated carbocycles. The van der Waals surface area contributed by atoms with E-state index < -0.39 is 0 Å². The largest absolute Gasteiger partial charge is 0.398 e. The number of benzene rings is 2. The van der Waals surface area contributed by atoms with Crippen molar-refractivity contribution in [3.63, 3.8) is 0 Å². The minimum Gasteiger partial charge on any atom is -0.398 e. The minimum absolute atomic E-state index is 0.734. The normalized spacial score (nSPS) is 11.5. The van der Waals surface area contributed by atoms with Crippen LogP contribution in [0.2, 0.25) is 5.02 Å². The van der Waals surface area contributed by atoms with E-state index >= 15 is 0 Å². The van der Waals surface area contributed by atoms with Crippen molar-refractivity contribution >= 4 is 34.9 Å². The molecule has 3 heteroatoms. The summed E-state index contributed by atoms with van der Waals surface area (Å²) in [5.74, 6) is 0.793. The molecule has 1 heterocycles. The van der Waals surface area contributed by atoms with Crippen molar-refractivity contribution in [2.75, 3.05) is 0 Å². The summed E-state index contributed by atoms with van der Waals surface area (Å²) in [4.78, 5) is 0. The lowest BCUT2D eigenvalue weighted by atomic mass is 10.2. The van der Waals surface area contributed by atoms with Crippen LogP contribution in [0.15, 0.2) is 52.9 Å². The van der Waals surface area contributed by atoms with Crippen LogP contribution in [0.25, 0.3) is 23.3 Å². The first-order chi connectivity index (χ1) is 9.25. The Kier molecular flexibility index (Phi) is 3.10. The van der Waals surface area contributed by atoms with Crippen LogP contribution in [0.1, 0.15) is 11.5 Å². The molecule has 3 aromatic rings. The van der Waals surface area contributed by atoms with Gasteiger partial charge in [0.1, 0.15) is 7.05 Å². The lowest BCUT2D eigenvalue weighted by Crippen LogP contribution is -2.29. The molecular formula is C16H13ClNO+. The van der Waals surface area contributed by atoms with Gasteiger partial charge >= 0.3 is 5.89 Å². The molecule has 0 bridgehead atoms. The van der Waals surface area contributed by atoms with Gasteiger partial charge in [-0.05, 0) is 23.8 Å². The van der Waals surface area contributed by atoms with Crippen molar-refractivity contribution in [2.45, 2.75) is 0 Å². The van der Waals surface area contributed by atoms with Gasteiger partial charge in [0.05, 0.1) is 6.08 Å². The first kappa shape index (κ1) is 12.0. The van der Waals surface area contributed by atoms with Crippen LogP contribution in [0.4, 0.5) is 0 Å². The SMILES string of the molecule is C[n+]1c(/C=C/c2ccccc2Cl)oc2ccccc21. The molecule has 0 aliphatic rings. The number of halogens is 1. The number of para-hydroxylation sites is 2. The van der Waals surface area contributed by atoms with Gasteiger partial charge < -0.3 is 4.42 Å². The topological polar surface area (TPSA) is 17.0 Å². The predicted octanol–water partition coefficient (Wildman–Crippen LogP) is 4.08. The Morgan fingerprint density at radius 3 is 2.53 bits per heavy atom. The molecule has 0 unspecified atom stereocenters. The number of aromatic nitrogens is 1. The Balaban J connectivity index is 2.02. The maximum Gasteiger partial charge on any atom is 0.373 e. The van der Waals surface area contributed by atoms with Crippen LogP contribution in [-0.4, -0.2) is 0 Å². The van der Waals surface area contributed by atoms with Gasteiger partial charge in [-0.2, -0.15) is 4.57 Å². The molecular weight excluding hydrogens is 258 g/mol. The highest BCUT2D eigenvalue weighted by atomic mass is 35.5. The Labute approximate surface area is 116 Å². The van der Waals surface area contributed by atoms with Crippen LogP contribution in [0, 0.1) is 0 Å². The fourth-order valence-electron chi connectivity index (χ4n) is 2.04. The summed E-state index contributed by atoms with van der Waals surface area (Å²) in [5, 5.41) is 0.734. The number of hydrogen-bond donors (Lipinski definition) is 0. The Morgan fingerprint density at radius 2 is 1.74 bits per heavy atom. The molecule has 0 amide bonds. The third kappa shape index (κ3) is 2.27.